The van der Waals surface area contributed by atoms with Crippen LogP contribution in [0.15, 0.2) is 22.6 Å². The van der Waals surface area contributed by atoms with E-state index in [2.05, 4.69) is 4.90 Å². The van der Waals surface area contributed by atoms with Gasteiger partial charge in [0.05, 0.1) is 13.2 Å². The number of nitrogens with zero attached hydrogens (tertiary/aromatic N) is 1. The van der Waals surface area contributed by atoms with Crippen LogP contribution in [0.5, 0.6) is 0 Å². The molecule has 1 aromatic carbocycles. The first-order valence-electron chi connectivity index (χ1n) is 8.61. The summed E-state index contributed by atoms with van der Waals surface area (Å²) in [6.07, 6.45) is 0.763. The zero-order valence-electron chi connectivity index (χ0n) is 14.6. The Morgan fingerprint density at radius 1 is 1.24 bits per heavy atom. The first kappa shape index (κ1) is 17.6. The van der Waals surface area contributed by atoms with Crippen LogP contribution in [-0.4, -0.2) is 54.6 Å². The molecular weight excluding hydrogens is 322 g/mol. The summed E-state index contributed by atoms with van der Waals surface area (Å²) < 4.78 is 10.7. The van der Waals surface area contributed by atoms with E-state index in [1.165, 1.54) is 6.07 Å². The summed E-state index contributed by atoms with van der Waals surface area (Å²) >= 11 is 0. The number of hydrogen-bond donors (Lipinski definition) is 1. The zero-order valence-corrected chi connectivity index (χ0v) is 14.6. The van der Waals surface area contributed by atoms with Crippen LogP contribution in [0.2, 0.25) is 0 Å². The highest BCUT2D eigenvalue weighted by atomic mass is 16.5. The Morgan fingerprint density at radius 2 is 1.96 bits per heavy atom. The van der Waals surface area contributed by atoms with Crippen molar-refractivity contribution in [2.45, 2.75) is 20.3 Å². The smallest absolute Gasteiger partial charge is 0.371 e. The van der Waals surface area contributed by atoms with Gasteiger partial charge in [-0.25, -0.2) is 4.79 Å². The molecule has 25 heavy (non-hydrogen) atoms. The van der Waals surface area contributed by atoms with E-state index in [1.54, 1.807) is 12.1 Å². The molecule has 1 N–H and O–H groups in total. The van der Waals surface area contributed by atoms with Gasteiger partial charge < -0.3 is 14.3 Å². The number of rotatable bonds is 6. The lowest BCUT2D eigenvalue weighted by molar-refractivity contribution is 0.0298. The van der Waals surface area contributed by atoms with E-state index in [4.69, 9.17) is 14.3 Å². The summed E-state index contributed by atoms with van der Waals surface area (Å²) in [6, 6.07) is 4.97. The fraction of sp³-hybridized carbons (Fsp3) is 0.474. The molecule has 3 rings (SSSR count). The highest BCUT2D eigenvalue weighted by Crippen LogP contribution is 2.26. The van der Waals surface area contributed by atoms with Crippen LogP contribution >= 0.6 is 0 Å². The lowest BCUT2D eigenvalue weighted by Gasteiger charge is -2.29. The normalized spacial score (nSPS) is 16.9. The maximum atomic E-state index is 13.0. The standard InChI is InChI=1S/C19H23NO5/c1-3-13(11-20-4-6-24-7-5-20)18(21)15-9-14-10-17(19(22)23)25-16(14)8-12(15)2/h8-10,13H,3-7,11H2,1-2H3,(H,22,23). The van der Waals surface area contributed by atoms with Gasteiger partial charge in [-0.05, 0) is 37.1 Å². The molecule has 6 heteroatoms. The van der Waals surface area contributed by atoms with Crippen molar-refractivity contribution < 1.29 is 23.8 Å². The molecule has 1 atom stereocenters. The third-order valence-electron chi connectivity index (χ3n) is 4.79. The molecule has 0 bridgehead atoms. The maximum Gasteiger partial charge on any atom is 0.371 e. The van der Waals surface area contributed by atoms with Gasteiger partial charge in [0.15, 0.2) is 5.78 Å². The van der Waals surface area contributed by atoms with E-state index in [1.807, 2.05) is 13.8 Å². The second-order valence-corrected chi connectivity index (χ2v) is 6.50. The number of hydrogen-bond acceptors (Lipinski definition) is 5. The fourth-order valence-corrected chi connectivity index (χ4v) is 3.27. The number of carbonyl (C=O) groups is 2. The average Bonchev–Trinajstić information content (AvgIpc) is 3.02. The lowest BCUT2D eigenvalue weighted by atomic mass is 9.91. The van der Waals surface area contributed by atoms with Crippen LogP contribution in [0, 0.1) is 12.8 Å². The van der Waals surface area contributed by atoms with Crippen LogP contribution in [0.25, 0.3) is 11.0 Å². The number of carboxylic acid groups (broad SMARTS) is 1. The molecule has 0 aliphatic carbocycles. The molecule has 1 unspecified atom stereocenters. The van der Waals surface area contributed by atoms with Crippen LogP contribution in [0.3, 0.4) is 0 Å². The number of Topliss-reactive ketones (excluding diaryl/α,β-unsaturated/α-hetero) is 1. The highest BCUT2D eigenvalue weighted by Gasteiger charge is 2.24. The summed E-state index contributed by atoms with van der Waals surface area (Å²) in [5, 5.41) is 9.71. The number of ether oxygens (including phenoxy) is 1. The summed E-state index contributed by atoms with van der Waals surface area (Å²) in [7, 11) is 0. The number of ketones is 1. The number of aryl methyl sites for hydroxylation is 1. The minimum Gasteiger partial charge on any atom is -0.475 e. The van der Waals surface area contributed by atoms with Crippen LogP contribution < -0.4 is 0 Å². The van der Waals surface area contributed by atoms with Gasteiger partial charge in [0.1, 0.15) is 5.58 Å². The van der Waals surface area contributed by atoms with Gasteiger partial charge in [0.2, 0.25) is 5.76 Å². The Hall–Kier alpha value is -2.18. The van der Waals surface area contributed by atoms with E-state index in [0.29, 0.717) is 29.7 Å². The van der Waals surface area contributed by atoms with Crippen molar-refractivity contribution in [1.82, 2.24) is 4.90 Å². The Kier molecular flexibility index (Phi) is 5.20. The van der Waals surface area contributed by atoms with Gasteiger partial charge >= 0.3 is 5.97 Å². The molecule has 1 fully saturated rings. The SMILES string of the molecule is CCC(CN1CCOCC1)C(=O)c1cc2cc(C(=O)O)oc2cc1C. The molecule has 0 amide bonds. The van der Waals surface area contributed by atoms with E-state index in [-0.39, 0.29) is 17.5 Å². The first-order valence-corrected chi connectivity index (χ1v) is 8.61. The largest absolute Gasteiger partial charge is 0.475 e. The van der Waals surface area contributed by atoms with Gasteiger partial charge in [-0.2, -0.15) is 0 Å². The van der Waals surface area contributed by atoms with Crippen molar-refractivity contribution in [3.8, 4) is 0 Å². The molecule has 1 aliphatic heterocycles. The summed E-state index contributed by atoms with van der Waals surface area (Å²) in [5.41, 5.74) is 1.95. The first-order chi connectivity index (χ1) is 12.0. The Bertz CT molecular complexity index is 788. The molecule has 0 radical (unpaired) electrons. The fourth-order valence-electron chi connectivity index (χ4n) is 3.27. The predicted octanol–water partition coefficient (Wildman–Crippen LogP) is 2.98. The summed E-state index contributed by atoms with van der Waals surface area (Å²) in [4.78, 5) is 26.4. The van der Waals surface area contributed by atoms with Crippen LogP contribution in [-0.2, 0) is 4.74 Å². The third kappa shape index (κ3) is 3.75. The molecule has 0 spiro atoms. The highest BCUT2D eigenvalue weighted by molar-refractivity contribution is 6.03. The van der Waals surface area contributed by atoms with Crippen molar-refractivity contribution in [2.75, 3.05) is 32.8 Å². The topological polar surface area (TPSA) is 80.0 Å². The monoisotopic (exact) mass is 345 g/mol. The van der Waals surface area contributed by atoms with Crippen molar-refractivity contribution in [2.24, 2.45) is 5.92 Å². The predicted molar refractivity (Wildman–Crippen MR) is 93.3 cm³/mol. The lowest BCUT2D eigenvalue weighted by Crippen LogP contribution is -2.41. The number of aromatic carboxylic acids is 1. The van der Waals surface area contributed by atoms with Gasteiger partial charge in [-0.15, -0.1) is 0 Å². The minimum absolute atomic E-state index is 0.0832. The van der Waals surface area contributed by atoms with E-state index in [0.717, 1.165) is 31.6 Å². The number of benzene rings is 1. The van der Waals surface area contributed by atoms with E-state index < -0.39 is 5.97 Å². The summed E-state index contributed by atoms with van der Waals surface area (Å²) in [6.45, 7) is 7.73. The van der Waals surface area contributed by atoms with Crippen molar-refractivity contribution in [1.29, 1.82) is 0 Å². The van der Waals surface area contributed by atoms with Crippen molar-refractivity contribution in [3.05, 3.63) is 35.1 Å². The van der Waals surface area contributed by atoms with E-state index in [9.17, 15) is 9.59 Å². The van der Waals surface area contributed by atoms with Crippen LogP contribution in [0.4, 0.5) is 0 Å². The molecule has 1 aliphatic rings. The van der Waals surface area contributed by atoms with Gasteiger partial charge in [-0.3, -0.25) is 9.69 Å². The van der Waals surface area contributed by atoms with Crippen molar-refractivity contribution >= 4 is 22.7 Å². The number of furan rings is 1. The molecule has 1 saturated heterocycles. The molecule has 2 aromatic rings. The van der Waals surface area contributed by atoms with Crippen molar-refractivity contribution in [3.63, 3.8) is 0 Å². The van der Waals surface area contributed by atoms with Gasteiger partial charge in [-0.1, -0.05) is 6.92 Å². The molecule has 134 valence electrons. The number of fused-ring (bicyclic) bond motifs is 1. The second kappa shape index (κ2) is 7.37. The molecular formula is C19H23NO5. The quantitative estimate of drug-likeness (QED) is 0.811. The Labute approximate surface area is 146 Å². The molecule has 1 aromatic heterocycles. The number of carbonyl (C=O) groups excluding carboxylic acids is 1. The maximum absolute atomic E-state index is 13.0. The zero-order chi connectivity index (χ0) is 18.0. The minimum atomic E-state index is -1.11. The molecule has 6 nitrogen and oxygen atoms in total. The third-order valence-corrected chi connectivity index (χ3v) is 4.79. The summed E-state index contributed by atoms with van der Waals surface area (Å²) in [5.74, 6) is -1.20. The molecule has 2 heterocycles. The second-order valence-electron chi connectivity index (χ2n) is 6.50. The van der Waals surface area contributed by atoms with E-state index >= 15 is 0 Å². The van der Waals surface area contributed by atoms with Crippen LogP contribution in [0.1, 0.15) is 39.8 Å². The Balaban J connectivity index is 1.86. The average molecular weight is 345 g/mol. The van der Waals surface area contributed by atoms with Gasteiger partial charge in [0.25, 0.3) is 0 Å². The number of morpholine rings is 1. The number of carboxylic acids is 1. The Morgan fingerprint density at radius 3 is 2.60 bits per heavy atom. The molecule has 0 saturated carbocycles. The van der Waals surface area contributed by atoms with Gasteiger partial charge in [0, 0.05) is 36.5 Å².